The number of carbonyl (C=O) groups is 1. The van der Waals surface area contributed by atoms with Crippen LogP contribution in [0.4, 0.5) is 4.39 Å². The van der Waals surface area contributed by atoms with Crippen LogP contribution >= 0.6 is 50.1 Å². The van der Waals surface area contributed by atoms with Gasteiger partial charge in [-0.05, 0) is 68.9 Å². The van der Waals surface area contributed by atoms with Gasteiger partial charge in [0.15, 0.2) is 5.78 Å². The lowest BCUT2D eigenvalue weighted by Gasteiger charge is -2.05. The van der Waals surface area contributed by atoms with E-state index in [1.54, 1.807) is 30.3 Å². The molecule has 5 heteroatoms. The smallest absolute Gasteiger partial charge is 0.196 e. The van der Waals surface area contributed by atoms with Crippen molar-refractivity contribution in [2.75, 3.05) is 0 Å². The summed E-state index contributed by atoms with van der Waals surface area (Å²) in [6, 6.07) is 9.53. The molecule has 0 N–H and O–H groups in total. The average Bonchev–Trinajstić information content (AvgIpc) is 2.35. The van der Waals surface area contributed by atoms with Crippen molar-refractivity contribution in [3.05, 3.63) is 66.4 Å². The van der Waals surface area contributed by atoms with Gasteiger partial charge in [0.1, 0.15) is 5.82 Å². The van der Waals surface area contributed by atoms with E-state index in [9.17, 15) is 9.18 Å². The SMILES string of the molecule is O=C(c1ccc(I)c(Cl)c1)c1cccc(Br)c1F. The van der Waals surface area contributed by atoms with E-state index in [4.69, 9.17) is 11.6 Å². The zero-order chi connectivity index (χ0) is 13.3. The van der Waals surface area contributed by atoms with E-state index in [2.05, 4.69) is 38.5 Å². The van der Waals surface area contributed by atoms with Crippen LogP contribution in [0.1, 0.15) is 15.9 Å². The highest BCUT2D eigenvalue weighted by atomic mass is 127. The number of benzene rings is 2. The number of halogens is 4. The van der Waals surface area contributed by atoms with Gasteiger partial charge in [0.2, 0.25) is 0 Å². The zero-order valence-electron chi connectivity index (χ0n) is 8.88. The summed E-state index contributed by atoms with van der Waals surface area (Å²) in [4.78, 5) is 12.2. The number of carbonyl (C=O) groups excluding carboxylic acids is 1. The maximum absolute atomic E-state index is 13.8. The van der Waals surface area contributed by atoms with Crippen molar-refractivity contribution < 1.29 is 9.18 Å². The highest BCUT2D eigenvalue weighted by Crippen LogP contribution is 2.24. The van der Waals surface area contributed by atoms with E-state index in [0.29, 0.717) is 10.6 Å². The zero-order valence-corrected chi connectivity index (χ0v) is 13.4. The van der Waals surface area contributed by atoms with Crippen LogP contribution in [0.2, 0.25) is 5.02 Å². The summed E-state index contributed by atoms with van der Waals surface area (Å²) >= 11 is 11.1. The van der Waals surface area contributed by atoms with Gasteiger partial charge in [-0.2, -0.15) is 0 Å². The number of ketones is 1. The maximum atomic E-state index is 13.8. The Bertz CT molecular complexity index is 630. The summed E-state index contributed by atoms with van der Waals surface area (Å²) in [6.07, 6.45) is 0. The summed E-state index contributed by atoms with van der Waals surface area (Å²) in [7, 11) is 0. The molecule has 0 aliphatic carbocycles. The molecule has 92 valence electrons. The molecule has 0 aromatic heterocycles. The first-order chi connectivity index (χ1) is 8.50. The van der Waals surface area contributed by atoms with Crippen LogP contribution < -0.4 is 0 Å². The van der Waals surface area contributed by atoms with Gasteiger partial charge in [-0.1, -0.05) is 17.7 Å². The van der Waals surface area contributed by atoms with Gasteiger partial charge in [0, 0.05) is 9.13 Å². The summed E-state index contributed by atoms with van der Waals surface area (Å²) in [5.41, 5.74) is 0.402. The van der Waals surface area contributed by atoms with E-state index in [0.717, 1.165) is 3.57 Å². The molecule has 0 aliphatic rings. The molecule has 0 amide bonds. The third-order valence-corrected chi connectivity index (χ3v) is 4.56. The molecule has 0 saturated carbocycles. The largest absolute Gasteiger partial charge is 0.288 e. The number of hydrogen-bond donors (Lipinski definition) is 0. The summed E-state index contributed by atoms with van der Waals surface area (Å²) in [5.74, 6) is -0.940. The van der Waals surface area contributed by atoms with Crippen molar-refractivity contribution in [1.29, 1.82) is 0 Å². The average molecular weight is 439 g/mol. The quantitative estimate of drug-likeness (QED) is 0.471. The van der Waals surface area contributed by atoms with Gasteiger partial charge >= 0.3 is 0 Å². The molecular formula is C13H6BrClFIO. The van der Waals surface area contributed by atoms with Gasteiger partial charge in [0.25, 0.3) is 0 Å². The Balaban J connectivity index is 2.48. The van der Waals surface area contributed by atoms with Crippen molar-refractivity contribution in [3.8, 4) is 0 Å². The summed E-state index contributed by atoms with van der Waals surface area (Å²) in [5, 5.41) is 0.483. The third-order valence-electron chi connectivity index (χ3n) is 2.38. The summed E-state index contributed by atoms with van der Waals surface area (Å²) < 4.78 is 14.9. The first-order valence-corrected chi connectivity index (χ1v) is 7.19. The Morgan fingerprint density at radius 1 is 1.28 bits per heavy atom. The first-order valence-electron chi connectivity index (χ1n) is 4.94. The monoisotopic (exact) mass is 438 g/mol. The van der Waals surface area contributed by atoms with E-state index < -0.39 is 5.82 Å². The molecule has 2 rings (SSSR count). The molecule has 0 atom stereocenters. The minimum Gasteiger partial charge on any atom is -0.288 e. The molecule has 1 nitrogen and oxygen atoms in total. The maximum Gasteiger partial charge on any atom is 0.196 e. The van der Waals surface area contributed by atoms with Crippen LogP contribution in [0.15, 0.2) is 40.9 Å². The minimum atomic E-state index is -0.558. The standard InChI is InChI=1S/C13H6BrClFIO/c14-9-3-1-2-8(12(9)16)13(18)7-4-5-11(17)10(15)6-7/h1-6H. The molecule has 0 unspecified atom stereocenters. The molecule has 0 heterocycles. The Morgan fingerprint density at radius 2 is 2.00 bits per heavy atom. The molecule has 0 spiro atoms. The molecule has 0 fully saturated rings. The highest BCUT2D eigenvalue weighted by molar-refractivity contribution is 14.1. The Labute approximate surface area is 131 Å². The lowest BCUT2D eigenvalue weighted by atomic mass is 10.0. The molecule has 18 heavy (non-hydrogen) atoms. The fourth-order valence-corrected chi connectivity index (χ4v) is 2.35. The van der Waals surface area contributed by atoms with Crippen LogP contribution in [-0.2, 0) is 0 Å². The topological polar surface area (TPSA) is 17.1 Å². The normalized spacial score (nSPS) is 10.4. The molecule has 0 radical (unpaired) electrons. The predicted octanol–water partition coefficient (Wildman–Crippen LogP) is 5.08. The highest BCUT2D eigenvalue weighted by Gasteiger charge is 2.16. The Hall–Kier alpha value is -0.460. The molecule has 2 aromatic rings. The van der Waals surface area contributed by atoms with Crippen molar-refractivity contribution in [2.24, 2.45) is 0 Å². The van der Waals surface area contributed by atoms with Crippen LogP contribution in [0, 0.1) is 9.39 Å². The second-order valence-corrected chi connectivity index (χ2v) is 5.98. The second-order valence-electron chi connectivity index (χ2n) is 3.56. The van der Waals surface area contributed by atoms with Crippen molar-refractivity contribution >= 4 is 55.9 Å². The van der Waals surface area contributed by atoms with Gasteiger partial charge in [-0.25, -0.2) is 4.39 Å². The van der Waals surface area contributed by atoms with Crippen LogP contribution in [-0.4, -0.2) is 5.78 Å². The second kappa shape index (κ2) is 5.67. The predicted molar refractivity (Wildman–Crippen MR) is 81.7 cm³/mol. The Morgan fingerprint density at radius 3 is 2.67 bits per heavy atom. The van der Waals surface area contributed by atoms with E-state index in [1.165, 1.54) is 6.07 Å². The van der Waals surface area contributed by atoms with E-state index in [-0.39, 0.29) is 15.8 Å². The lowest BCUT2D eigenvalue weighted by molar-refractivity contribution is 0.103. The van der Waals surface area contributed by atoms with Crippen LogP contribution in [0.3, 0.4) is 0 Å². The minimum absolute atomic E-state index is 0.0293. The molecular weight excluding hydrogens is 433 g/mol. The van der Waals surface area contributed by atoms with Gasteiger partial charge in [-0.15, -0.1) is 0 Å². The van der Waals surface area contributed by atoms with Gasteiger partial charge in [-0.3, -0.25) is 4.79 Å². The lowest BCUT2D eigenvalue weighted by Crippen LogP contribution is -2.04. The Kier molecular flexibility index (Phi) is 4.40. The molecule has 0 aliphatic heterocycles. The van der Waals surface area contributed by atoms with Crippen molar-refractivity contribution in [1.82, 2.24) is 0 Å². The number of hydrogen-bond acceptors (Lipinski definition) is 1. The molecule has 0 saturated heterocycles. The van der Waals surface area contributed by atoms with Crippen molar-refractivity contribution in [3.63, 3.8) is 0 Å². The molecule has 0 bridgehead atoms. The van der Waals surface area contributed by atoms with Gasteiger partial charge < -0.3 is 0 Å². The van der Waals surface area contributed by atoms with E-state index >= 15 is 0 Å². The van der Waals surface area contributed by atoms with Crippen molar-refractivity contribution in [2.45, 2.75) is 0 Å². The van der Waals surface area contributed by atoms with E-state index in [1.807, 2.05) is 0 Å². The fourth-order valence-electron chi connectivity index (χ4n) is 1.47. The molecule has 2 aromatic carbocycles. The third kappa shape index (κ3) is 2.75. The van der Waals surface area contributed by atoms with Crippen LogP contribution in [0.25, 0.3) is 0 Å². The first kappa shape index (κ1) is 14.0. The van der Waals surface area contributed by atoms with Gasteiger partial charge in [0.05, 0.1) is 15.1 Å². The summed E-state index contributed by atoms with van der Waals surface area (Å²) in [6.45, 7) is 0. The number of rotatable bonds is 2. The van der Waals surface area contributed by atoms with Crippen LogP contribution in [0.5, 0.6) is 0 Å². The fraction of sp³-hybridized carbons (Fsp3) is 0.